The zero-order valence-electron chi connectivity index (χ0n) is 14.2. The van der Waals surface area contributed by atoms with Crippen molar-refractivity contribution in [1.29, 1.82) is 0 Å². The van der Waals surface area contributed by atoms with Gasteiger partial charge in [-0.05, 0) is 56.5 Å². The van der Waals surface area contributed by atoms with Crippen LogP contribution >= 0.6 is 15.9 Å². The van der Waals surface area contributed by atoms with E-state index in [1.807, 2.05) is 30.0 Å². The number of hydrogen-bond acceptors (Lipinski definition) is 3. The molecule has 1 aromatic rings. The Morgan fingerprint density at radius 1 is 1.38 bits per heavy atom. The Morgan fingerprint density at radius 3 is 2.75 bits per heavy atom. The number of benzene rings is 1. The van der Waals surface area contributed by atoms with Crippen LogP contribution < -0.4 is 10.6 Å². The quantitative estimate of drug-likeness (QED) is 0.856. The van der Waals surface area contributed by atoms with Gasteiger partial charge in [0.05, 0.1) is 5.92 Å². The lowest BCUT2D eigenvalue weighted by Crippen LogP contribution is -2.40. The Balaban J connectivity index is 1.72. The molecular formula is C18H24BrN3O2. The normalized spacial score (nSPS) is 27.2. The van der Waals surface area contributed by atoms with E-state index >= 15 is 0 Å². The van der Waals surface area contributed by atoms with E-state index in [2.05, 4.69) is 22.9 Å². The summed E-state index contributed by atoms with van der Waals surface area (Å²) in [6.07, 6.45) is 1.25. The highest BCUT2D eigenvalue weighted by Gasteiger charge is 2.41. The third-order valence-corrected chi connectivity index (χ3v) is 6.10. The smallest absolute Gasteiger partial charge is 0.228 e. The molecule has 3 atom stereocenters. The molecule has 24 heavy (non-hydrogen) atoms. The number of carbonyl (C=O) groups is 2. The topological polar surface area (TPSA) is 66.6 Å². The van der Waals surface area contributed by atoms with Crippen molar-refractivity contribution < 1.29 is 9.59 Å². The minimum absolute atomic E-state index is 0.0253. The van der Waals surface area contributed by atoms with Crippen molar-refractivity contribution in [3.8, 4) is 0 Å². The van der Waals surface area contributed by atoms with Crippen LogP contribution in [0.25, 0.3) is 0 Å². The lowest BCUT2D eigenvalue weighted by molar-refractivity contribution is -0.136. The van der Waals surface area contributed by atoms with Gasteiger partial charge in [-0.15, -0.1) is 0 Å². The van der Waals surface area contributed by atoms with Crippen molar-refractivity contribution in [2.24, 2.45) is 17.6 Å². The number of likely N-dealkylation sites (tertiary alicyclic amines) is 1. The molecule has 2 amide bonds. The van der Waals surface area contributed by atoms with Crippen LogP contribution in [-0.2, 0) is 9.59 Å². The van der Waals surface area contributed by atoms with E-state index in [4.69, 9.17) is 5.73 Å². The molecule has 0 aliphatic carbocycles. The Labute approximate surface area is 151 Å². The molecule has 0 bridgehead atoms. The largest absolute Gasteiger partial charge is 0.339 e. The number of hydrogen-bond donors (Lipinski definition) is 1. The highest BCUT2D eigenvalue weighted by atomic mass is 79.9. The first kappa shape index (κ1) is 17.4. The molecule has 130 valence electrons. The lowest BCUT2D eigenvalue weighted by Gasteiger charge is -2.25. The third kappa shape index (κ3) is 3.22. The van der Waals surface area contributed by atoms with Gasteiger partial charge in [0.15, 0.2) is 0 Å². The number of aryl methyl sites for hydroxylation is 1. The summed E-state index contributed by atoms with van der Waals surface area (Å²) in [4.78, 5) is 28.9. The van der Waals surface area contributed by atoms with Crippen LogP contribution in [0.4, 0.5) is 5.69 Å². The molecule has 5 nitrogen and oxygen atoms in total. The standard InChI is InChI=1S/C18H24BrN3O2/c1-11-5-15(3-4-16(11)19)22-10-14(7-17(22)23)18(24)21-9-13(8-20)6-12(21)2/h3-5,12-14H,6-10,20H2,1-2H3. The maximum atomic E-state index is 12.9. The number of nitrogens with two attached hydrogens (primary N) is 1. The van der Waals surface area contributed by atoms with Gasteiger partial charge in [0.1, 0.15) is 0 Å². The molecule has 2 fully saturated rings. The summed E-state index contributed by atoms with van der Waals surface area (Å²) in [5, 5.41) is 0. The molecule has 0 spiro atoms. The van der Waals surface area contributed by atoms with Crippen LogP contribution in [0.3, 0.4) is 0 Å². The molecule has 1 aromatic carbocycles. The average molecular weight is 394 g/mol. The molecule has 3 rings (SSSR count). The number of nitrogens with zero attached hydrogens (tertiary/aromatic N) is 2. The molecule has 0 radical (unpaired) electrons. The number of halogens is 1. The molecule has 0 saturated carbocycles. The fraction of sp³-hybridized carbons (Fsp3) is 0.556. The second-order valence-electron chi connectivity index (χ2n) is 7.02. The monoisotopic (exact) mass is 393 g/mol. The van der Waals surface area contributed by atoms with Gasteiger partial charge in [-0.25, -0.2) is 0 Å². The van der Waals surface area contributed by atoms with Crippen molar-refractivity contribution in [2.45, 2.75) is 32.7 Å². The predicted molar refractivity (Wildman–Crippen MR) is 97.7 cm³/mol. The van der Waals surface area contributed by atoms with E-state index in [1.54, 1.807) is 4.90 Å². The summed E-state index contributed by atoms with van der Waals surface area (Å²) in [7, 11) is 0. The molecule has 2 saturated heterocycles. The van der Waals surface area contributed by atoms with Crippen LogP contribution in [0.5, 0.6) is 0 Å². The van der Waals surface area contributed by atoms with Crippen molar-refractivity contribution in [2.75, 3.05) is 24.5 Å². The first-order valence-electron chi connectivity index (χ1n) is 8.47. The van der Waals surface area contributed by atoms with Crippen LogP contribution in [0.15, 0.2) is 22.7 Å². The minimum atomic E-state index is -0.250. The lowest BCUT2D eigenvalue weighted by atomic mass is 10.1. The van der Waals surface area contributed by atoms with E-state index in [1.165, 1.54) is 0 Å². The van der Waals surface area contributed by atoms with E-state index in [0.717, 1.165) is 28.7 Å². The number of rotatable bonds is 3. The van der Waals surface area contributed by atoms with Crippen LogP contribution in [0.2, 0.25) is 0 Å². The molecule has 3 unspecified atom stereocenters. The second-order valence-corrected chi connectivity index (χ2v) is 7.87. The van der Waals surface area contributed by atoms with Crippen LogP contribution in [0, 0.1) is 18.8 Å². The molecule has 0 aromatic heterocycles. The van der Waals surface area contributed by atoms with Gasteiger partial charge in [0.25, 0.3) is 0 Å². The molecule has 2 aliphatic heterocycles. The molecular weight excluding hydrogens is 370 g/mol. The van der Waals surface area contributed by atoms with E-state index < -0.39 is 0 Å². The van der Waals surface area contributed by atoms with Gasteiger partial charge in [0.2, 0.25) is 11.8 Å². The summed E-state index contributed by atoms with van der Waals surface area (Å²) < 4.78 is 1.02. The number of anilines is 1. The van der Waals surface area contributed by atoms with E-state index in [9.17, 15) is 9.59 Å². The highest BCUT2D eigenvalue weighted by Crippen LogP contribution is 2.31. The minimum Gasteiger partial charge on any atom is -0.339 e. The predicted octanol–water partition coefficient (Wildman–Crippen LogP) is 2.31. The van der Waals surface area contributed by atoms with Gasteiger partial charge in [-0.2, -0.15) is 0 Å². The Hall–Kier alpha value is -1.40. The Kier molecular flexibility index (Phi) is 4.97. The highest BCUT2D eigenvalue weighted by molar-refractivity contribution is 9.10. The van der Waals surface area contributed by atoms with Gasteiger partial charge >= 0.3 is 0 Å². The van der Waals surface area contributed by atoms with Gasteiger partial charge in [0, 0.05) is 35.7 Å². The van der Waals surface area contributed by atoms with E-state index in [0.29, 0.717) is 25.4 Å². The van der Waals surface area contributed by atoms with Crippen LogP contribution in [0.1, 0.15) is 25.3 Å². The van der Waals surface area contributed by atoms with Crippen molar-refractivity contribution in [1.82, 2.24) is 4.90 Å². The fourth-order valence-electron chi connectivity index (χ4n) is 3.77. The Morgan fingerprint density at radius 2 is 2.12 bits per heavy atom. The maximum Gasteiger partial charge on any atom is 0.228 e. The summed E-state index contributed by atoms with van der Waals surface area (Å²) in [6, 6.07) is 6.06. The molecule has 6 heteroatoms. The van der Waals surface area contributed by atoms with Crippen molar-refractivity contribution >= 4 is 33.4 Å². The second kappa shape index (κ2) is 6.84. The average Bonchev–Trinajstić information content (AvgIpc) is 3.12. The zero-order valence-corrected chi connectivity index (χ0v) is 15.8. The SMILES string of the molecule is Cc1cc(N2CC(C(=O)N3CC(CN)CC3C)CC2=O)ccc1Br. The van der Waals surface area contributed by atoms with Gasteiger partial charge in [-0.1, -0.05) is 15.9 Å². The molecule has 2 N–H and O–H groups in total. The van der Waals surface area contributed by atoms with Crippen molar-refractivity contribution in [3.63, 3.8) is 0 Å². The van der Waals surface area contributed by atoms with Gasteiger partial charge in [-0.3, -0.25) is 9.59 Å². The first-order valence-corrected chi connectivity index (χ1v) is 9.27. The summed E-state index contributed by atoms with van der Waals surface area (Å²) in [5.74, 6) is 0.257. The summed E-state index contributed by atoms with van der Waals surface area (Å²) in [5.41, 5.74) is 7.70. The van der Waals surface area contributed by atoms with Crippen molar-refractivity contribution in [3.05, 3.63) is 28.2 Å². The molecule has 2 aliphatic rings. The first-order chi connectivity index (χ1) is 11.4. The van der Waals surface area contributed by atoms with Crippen LogP contribution in [-0.4, -0.2) is 42.4 Å². The van der Waals surface area contributed by atoms with Gasteiger partial charge < -0.3 is 15.5 Å². The van der Waals surface area contributed by atoms with E-state index in [-0.39, 0.29) is 23.8 Å². The summed E-state index contributed by atoms with van der Waals surface area (Å²) in [6.45, 7) is 5.87. The number of carbonyl (C=O) groups excluding carboxylic acids is 2. The Bertz CT molecular complexity index is 664. The third-order valence-electron chi connectivity index (χ3n) is 5.21. The number of amides is 2. The zero-order chi connectivity index (χ0) is 17.4. The fourth-order valence-corrected chi connectivity index (χ4v) is 4.02. The summed E-state index contributed by atoms with van der Waals surface area (Å²) >= 11 is 3.48. The maximum absolute atomic E-state index is 12.9. The molecule has 2 heterocycles.